The average Bonchev–Trinajstić information content (AvgIpc) is 3.05. The summed E-state index contributed by atoms with van der Waals surface area (Å²) in [5, 5.41) is 3.86. The molecule has 5 heteroatoms. The van der Waals surface area contributed by atoms with Gasteiger partial charge >= 0.3 is 0 Å². The van der Waals surface area contributed by atoms with E-state index in [0.717, 1.165) is 32.5 Å². The van der Waals surface area contributed by atoms with Gasteiger partial charge in [-0.2, -0.15) is 0 Å². The molecule has 0 saturated carbocycles. The zero-order valence-corrected chi connectivity index (χ0v) is 12.5. The van der Waals surface area contributed by atoms with Gasteiger partial charge in [0.15, 0.2) is 5.69 Å². The SMILES string of the molecule is Cc1cc(C(=O)N2CC[C@H]3[C@@H]2CCN3CC(C)C)no1. The maximum Gasteiger partial charge on any atom is 0.276 e. The molecule has 2 fully saturated rings. The van der Waals surface area contributed by atoms with Crippen LogP contribution in [0, 0.1) is 12.8 Å². The summed E-state index contributed by atoms with van der Waals surface area (Å²) < 4.78 is 5.02. The third kappa shape index (κ3) is 2.35. The van der Waals surface area contributed by atoms with Gasteiger partial charge in [0.1, 0.15) is 5.76 Å². The fraction of sp³-hybridized carbons (Fsp3) is 0.733. The van der Waals surface area contributed by atoms with Gasteiger partial charge < -0.3 is 9.42 Å². The molecule has 0 bridgehead atoms. The molecule has 0 aliphatic carbocycles. The second-order valence-corrected chi connectivity index (χ2v) is 6.42. The molecule has 1 aromatic heterocycles. The minimum absolute atomic E-state index is 0.0285. The summed E-state index contributed by atoms with van der Waals surface area (Å²) in [4.78, 5) is 17.1. The lowest BCUT2D eigenvalue weighted by atomic mass is 10.1. The number of carbonyl (C=O) groups is 1. The summed E-state index contributed by atoms with van der Waals surface area (Å²) in [6.07, 6.45) is 2.17. The van der Waals surface area contributed by atoms with Crippen LogP contribution in [0.3, 0.4) is 0 Å². The highest BCUT2D eigenvalue weighted by Gasteiger charge is 2.44. The fourth-order valence-electron chi connectivity index (χ4n) is 3.64. The highest BCUT2D eigenvalue weighted by atomic mass is 16.5. The Labute approximate surface area is 119 Å². The van der Waals surface area contributed by atoms with Crippen LogP contribution in [-0.2, 0) is 0 Å². The van der Waals surface area contributed by atoms with Crippen LogP contribution >= 0.6 is 0 Å². The molecular weight excluding hydrogens is 254 g/mol. The summed E-state index contributed by atoms with van der Waals surface area (Å²) in [6.45, 7) is 9.40. The van der Waals surface area contributed by atoms with Gasteiger partial charge in [0.2, 0.25) is 0 Å². The van der Waals surface area contributed by atoms with Gasteiger partial charge in [-0.3, -0.25) is 9.69 Å². The summed E-state index contributed by atoms with van der Waals surface area (Å²) in [6, 6.07) is 2.63. The number of aryl methyl sites for hydroxylation is 1. The van der Waals surface area contributed by atoms with Crippen molar-refractivity contribution in [2.45, 2.75) is 45.7 Å². The van der Waals surface area contributed by atoms with Gasteiger partial charge in [-0.25, -0.2) is 0 Å². The van der Waals surface area contributed by atoms with Crippen LogP contribution in [-0.4, -0.2) is 52.6 Å². The van der Waals surface area contributed by atoms with Gasteiger partial charge in [0.25, 0.3) is 5.91 Å². The molecule has 3 rings (SSSR count). The Hall–Kier alpha value is -1.36. The largest absolute Gasteiger partial charge is 0.361 e. The van der Waals surface area contributed by atoms with Crippen molar-refractivity contribution < 1.29 is 9.32 Å². The van der Waals surface area contributed by atoms with Gasteiger partial charge in [-0.15, -0.1) is 0 Å². The van der Waals surface area contributed by atoms with Gasteiger partial charge in [-0.05, 0) is 25.7 Å². The lowest BCUT2D eigenvalue weighted by molar-refractivity contribution is 0.0721. The highest BCUT2D eigenvalue weighted by Crippen LogP contribution is 2.32. The van der Waals surface area contributed by atoms with Gasteiger partial charge in [-0.1, -0.05) is 19.0 Å². The first-order chi connectivity index (χ1) is 9.56. The maximum atomic E-state index is 12.5. The third-order valence-corrected chi connectivity index (χ3v) is 4.40. The Morgan fingerprint density at radius 2 is 2.15 bits per heavy atom. The van der Waals surface area contributed by atoms with Crippen molar-refractivity contribution in [2.75, 3.05) is 19.6 Å². The molecule has 2 saturated heterocycles. The fourth-order valence-corrected chi connectivity index (χ4v) is 3.64. The predicted molar refractivity (Wildman–Crippen MR) is 75.5 cm³/mol. The van der Waals surface area contributed by atoms with Crippen molar-refractivity contribution in [3.8, 4) is 0 Å². The molecule has 0 aromatic carbocycles. The van der Waals surface area contributed by atoms with Crippen LogP contribution in [0.2, 0.25) is 0 Å². The van der Waals surface area contributed by atoms with E-state index in [2.05, 4.69) is 23.9 Å². The zero-order chi connectivity index (χ0) is 14.3. The molecule has 2 aliphatic heterocycles. The lowest BCUT2D eigenvalue weighted by Crippen LogP contribution is -2.40. The Balaban J connectivity index is 1.70. The number of hydrogen-bond donors (Lipinski definition) is 0. The zero-order valence-electron chi connectivity index (χ0n) is 12.5. The number of hydrogen-bond acceptors (Lipinski definition) is 4. The number of carbonyl (C=O) groups excluding carboxylic acids is 1. The molecular formula is C15H23N3O2. The van der Waals surface area contributed by atoms with E-state index < -0.39 is 0 Å². The van der Waals surface area contributed by atoms with Crippen LogP contribution in [0.25, 0.3) is 0 Å². The van der Waals surface area contributed by atoms with E-state index in [-0.39, 0.29) is 5.91 Å². The van der Waals surface area contributed by atoms with Crippen molar-refractivity contribution in [3.05, 3.63) is 17.5 Å². The summed E-state index contributed by atoms with van der Waals surface area (Å²) in [5.41, 5.74) is 0.449. The monoisotopic (exact) mass is 277 g/mol. The average molecular weight is 277 g/mol. The molecule has 0 spiro atoms. The number of fused-ring (bicyclic) bond motifs is 1. The van der Waals surface area contributed by atoms with Crippen molar-refractivity contribution in [2.24, 2.45) is 5.92 Å². The molecule has 110 valence electrons. The molecule has 1 amide bonds. The molecule has 0 unspecified atom stereocenters. The van der Waals surface area contributed by atoms with E-state index >= 15 is 0 Å². The number of aromatic nitrogens is 1. The third-order valence-electron chi connectivity index (χ3n) is 4.40. The molecule has 2 atom stereocenters. The first kappa shape index (κ1) is 13.6. The molecule has 2 aliphatic rings. The first-order valence-corrected chi connectivity index (χ1v) is 7.54. The minimum atomic E-state index is 0.0285. The number of rotatable bonds is 3. The smallest absolute Gasteiger partial charge is 0.276 e. The van der Waals surface area contributed by atoms with Crippen LogP contribution in [0.5, 0.6) is 0 Å². The van der Waals surface area contributed by atoms with Crippen LogP contribution in [0.4, 0.5) is 0 Å². The van der Waals surface area contributed by atoms with Crippen molar-refractivity contribution >= 4 is 5.91 Å². The van der Waals surface area contributed by atoms with E-state index in [1.165, 1.54) is 0 Å². The Morgan fingerprint density at radius 1 is 1.40 bits per heavy atom. The lowest BCUT2D eigenvalue weighted by Gasteiger charge is -2.26. The quantitative estimate of drug-likeness (QED) is 0.847. The number of amides is 1. The van der Waals surface area contributed by atoms with E-state index in [4.69, 9.17) is 4.52 Å². The normalized spacial score (nSPS) is 26.5. The van der Waals surface area contributed by atoms with E-state index in [1.54, 1.807) is 6.07 Å². The Bertz CT molecular complexity index is 497. The Kier molecular flexibility index (Phi) is 3.54. The summed E-state index contributed by atoms with van der Waals surface area (Å²) in [5.74, 6) is 1.40. The maximum absolute atomic E-state index is 12.5. The van der Waals surface area contributed by atoms with Gasteiger partial charge in [0.05, 0.1) is 0 Å². The molecule has 5 nitrogen and oxygen atoms in total. The van der Waals surface area contributed by atoms with Crippen molar-refractivity contribution in [1.82, 2.24) is 15.0 Å². The molecule has 0 radical (unpaired) electrons. The second-order valence-electron chi connectivity index (χ2n) is 6.42. The summed E-state index contributed by atoms with van der Waals surface area (Å²) in [7, 11) is 0. The first-order valence-electron chi connectivity index (χ1n) is 7.54. The van der Waals surface area contributed by atoms with Crippen molar-refractivity contribution in [1.29, 1.82) is 0 Å². The van der Waals surface area contributed by atoms with E-state index in [9.17, 15) is 4.79 Å². The van der Waals surface area contributed by atoms with Crippen LogP contribution in [0.15, 0.2) is 10.6 Å². The minimum Gasteiger partial charge on any atom is -0.361 e. The standard InChI is InChI=1S/C15H23N3O2/c1-10(2)9-17-6-4-14-13(17)5-7-18(14)15(19)12-8-11(3)20-16-12/h8,10,13-14H,4-7,9H2,1-3H3/t13-,14-/m0/s1. The highest BCUT2D eigenvalue weighted by molar-refractivity contribution is 5.92. The molecule has 3 heterocycles. The number of nitrogens with zero attached hydrogens (tertiary/aromatic N) is 3. The summed E-state index contributed by atoms with van der Waals surface area (Å²) >= 11 is 0. The van der Waals surface area contributed by atoms with Crippen molar-refractivity contribution in [3.63, 3.8) is 0 Å². The Morgan fingerprint density at radius 3 is 2.80 bits per heavy atom. The molecule has 1 aromatic rings. The molecule has 20 heavy (non-hydrogen) atoms. The predicted octanol–water partition coefficient (Wildman–Crippen LogP) is 1.93. The number of likely N-dealkylation sites (tertiary alicyclic amines) is 2. The second kappa shape index (κ2) is 5.20. The van der Waals surface area contributed by atoms with Crippen LogP contribution < -0.4 is 0 Å². The molecule has 0 N–H and O–H groups in total. The van der Waals surface area contributed by atoms with E-state index in [0.29, 0.717) is 29.5 Å². The van der Waals surface area contributed by atoms with Gasteiger partial charge in [0, 0.05) is 37.8 Å². The van der Waals surface area contributed by atoms with Crippen LogP contribution in [0.1, 0.15) is 42.9 Å². The topological polar surface area (TPSA) is 49.6 Å². The van der Waals surface area contributed by atoms with E-state index in [1.807, 2.05) is 11.8 Å².